The number of nitrogens with zero attached hydrogens (tertiary/aromatic N) is 2. The highest BCUT2D eigenvalue weighted by Crippen LogP contribution is 2.47. The predicted octanol–water partition coefficient (Wildman–Crippen LogP) is 6.46. The van der Waals surface area contributed by atoms with Crippen molar-refractivity contribution in [2.75, 3.05) is 5.32 Å². The van der Waals surface area contributed by atoms with E-state index in [2.05, 4.69) is 59.9 Å². The van der Waals surface area contributed by atoms with Crippen LogP contribution in [-0.4, -0.2) is 9.97 Å². The first-order valence-electron chi connectivity index (χ1n) is 9.11. The Kier molecular flexibility index (Phi) is 3.40. The van der Waals surface area contributed by atoms with Crippen molar-refractivity contribution in [3.05, 3.63) is 84.9 Å². The van der Waals surface area contributed by atoms with Crippen molar-refractivity contribution in [2.45, 2.75) is 9.79 Å². The van der Waals surface area contributed by atoms with Gasteiger partial charge in [0.15, 0.2) is 0 Å². The summed E-state index contributed by atoms with van der Waals surface area (Å²) in [6.45, 7) is 0. The van der Waals surface area contributed by atoms with Gasteiger partial charge in [-0.3, -0.25) is 0 Å². The number of para-hydroxylation sites is 4. The van der Waals surface area contributed by atoms with Gasteiger partial charge in [-0.1, -0.05) is 54.2 Å². The molecule has 3 nitrogen and oxygen atoms in total. The lowest BCUT2D eigenvalue weighted by molar-refractivity contribution is 1.31. The number of hydrogen-bond donors (Lipinski definition) is 1. The number of anilines is 2. The van der Waals surface area contributed by atoms with Gasteiger partial charge in [-0.05, 0) is 42.0 Å². The van der Waals surface area contributed by atoms with Gasteiger partial charge in [0.05, 0.1) is 33.4 Å². The number of fused-ring (bicyclic) bond motifs is 4. The summed E-state index contributed by atoms with van der Waals surface area (Å²) in [6.07, 6.45) is 0. The van der Waals surface area contributed by atoms with Crippen LogP contribution in [0.5, 0.6) is 0 Å². The van der Waals surface area contributed by atoms with Crippen LogP contribution in [0, 0.1) is 6.07 Å². The molecule has 4 aromatic carbocycles. The number of aromatic nitrogens is 2. The van der Waals surface area contributed by atoms with E-state index in [1.165, 1.54) is 9.79 Å². The van der Waals surface area contributed by atoms with Crippen LogP contribution in [0.1, 0.15) is 0 Å². The molecule has 0 aliphatic carbocycles. The van der Waals surface area contributed by atoms with Crippen molar-refractivity contribution < 1.29 is 0 Å². The average Bonchev–Trinajstić information content (AvgIpc) is 2.75. The van der Waals surface area contributed by atoms with Crippen LogP contribution >= 0.6 is 11.8 Å². The second kappa shape index (κ2) is 6.08. The zero-order valence-corrected chi connectivity index (χ0v) is 15.6. The van der Waals surface area contributed by atoms with Crippen molar-refractivity contribution in [1.29, 1.82) is 0 Å². The second-order valence-electron chi connectivity index (χ2n) is 6.72. The highest BCUT2D eigenvalue weighted by atomic mass is 32.2. The Bertz CT molecular complexity index is 1380. The Labute approximate surface area is 166 Å². The summed E-state index contributed by atoms with van der Waals surface area (Å²) < 4.78 is 0. The van der Waals surface area contributed by atoms with E-state index in [1.54, 1.807) is 11.8 Å². The molecular formula is C24H14N3S. The minimum absolute atomic E-state index is 0.790. The smallest absolute Gasteiger partial charge is 0.0980 e. The summed E-state index contributed by atoms with van der Waals surface area (Å²) in [7, 11) is 0. The molecule has 1 aliphatic heterocycles. The van der Waals surface area contributed by atoms with Crippen LogP contribution in [0.4, 0.5) is 11.4 Å². The number of nitrogens with one attached hydrogen (secondary N) is 1. The normalized spacial score (nSPS) is 12.4. The first kappa shape index (κ1) is 15.7. The van der Waals surface area contributed by atoms with Crippen LogP contribution in [0.3, 0.4) is 0 Å². The summed E-state index contributed by atoms with van der Waals surface area (Å²) in [5.74, 6) is 0. The van der Waals surface area contributed by atoms with Gasteiger partial charge >= 0.3 is 0 Å². The molecule has 1 aliphatic rings. The molecule has 131 valence electrons. The SMILES string of the molecule is [c]1c(-c2cccc3c2Nc2ccccc2S3)ccc2nc3ccccc3nc12. The van der Waals surface area contributed by atoms with Gasteiger partial charge < -0.3 is 5.32 Å². The van der Waals surface area contributed by atoms with Crippen LogP contribution in [0.25, 0.3) is 33.2 Å². The van der Waals surface area contributed by atoms with Gasteiger partial charge in [-0.2, -0.15) is 0 Å². The molecule has 0 amide bonds. The van der Waals surface area contributed by atoms with Gasteiger partial charge in [0, 0.05) is 21.4 Å². The minimum atomic E-state index is 0.790. The maximum atomic E-state index is 4.77. The first-order valence-corrected chi connectivity index (χ1v) is 9.93. The molecule has 0 fully saturated rings. The van der Waals surface area contributed by atoms with Crippen LogP contribution in [0.15, 0.2) is 88.7 Å². The molecule has 0 unspecified atom stereocenters. The minimum Gasteiger partial charge on any atom is -0.353 e. The largest absolute Gasteiger partial charge is 0.353 e. The predicted molar refractivity (Wildman–Crippen MR) is 115 cm³/mol. The molecule has 6 rings (SSSR count). The van der Waals surface area contributed by atoms with E-state index in [0.29, 0.717) is 0 Å². The molecule has 0 saturated carbocycles. The van der Waals surface area contributed by atoms with Crippen molar-refractivity contribution in [1.82, 2.24) is 9.97 Å². The van der Waals surface area contributed by atoms with Gasteiger partial charge in [0.1, 0.15) is 0 Å². The topological polar surface area (TPSA) is 37.8 Å². The lowest BCUT2D eigenvalue weighted by atomic mass is 10.0. The highest BCUT2D eigenvalue weighted by Gasteiger charge is 2.19. The van der Waals surface area contributed by atoms with Crippen molar-refractivity contribution in [2.24, 2.45) is 0 Å². The maximum absolute atomic E-state index is 4.77. The van der Waals surface area contributed by atoms with E-state index in [1.807, 2.05) is 30.3 Å². The number of benzene rings is 4. The fraction of sp³-hybridized carbons (Fsp3) is 0. The second-order valence-corrected chi connectivity index (χ2v) is 7.80. The molecule has 28 heavy (non-hydrogen) atoms. The summed E-state index contributed by atoms with van der Waals surface area (Å²) in [6, 6.07) is 30.3. The van der Waals surface area contributed by atoms with E-state index in [0.717, 1.165) is 44.6 Å². The Morgan fingerprint density at radius 2 is 1.46 bits per heavy atom. The third-order valence-electron chi connectivity index (χ3n) is 4.94. The summed E-state index contributed by atoms with van der Waals surface area (Å²) in [5, 5.41) is 3.61. The van der Waals surface area contributed by atoms with Gasteiger partial charge in [-0.15, -0.1) is 0 Å². The molecule has 1 N–H and O–H groups in total. The molecule has 2 heterocycles. The van der Waals surface area contributed by atoms with Crippen LogP contribution in [0.2, 0.25) is 0 Å². The number of hydrogen-bond acceptors (Lipinski definition) is 4. The maximum Gasteiger partial charge on any atom is 0.0980 e. The molecule has 1 radical (unpaired) electrons. The lowest BCUT2D eigenvalue weighted by Gasteiger charge is -2.23. The van der Waals surface area contributed by atoms with Gasteiger partial charge in [0.25, 0.3) is 0 Å². The van der Waals surface area contributed by atoms with Crippen LogP contribution in [-0.2, 0) is 0 Å². The summed E-state index contributed by atoms with van der Waals surface area (Å²) in [4.78, 5) is 11.9. The van der Waals surface area contributed by atoms with Crippen molar-refractivity contribution in [3.63, 3.8) is 0 Å². The molecular weight excluding hydrogens is 362 g/mol. The standard InChI is InChI=1S/C24H14N3S/c1-2-8-18-17(7-1)25-19-13-12-15(14-21(19)26-18)16-6-5-11-23-24(16)27-20-9-3-4-10-22(20)28-23/h1-13,27H. The molecule has 1 aromatic heterocycles. The number of rotatable bonds is 1. The lowest BCUT2D eigenvalue weighted by Crippen LogP contribution is -2.01. The van der Waals surface area contributed by atoms with Crippen LogP contribution < -0.4 is 5.32 Å². The zero-order chi connectivity index (χ0) is 18.5. The molecule has 4 heteroatoms. The molecule has 0 saturated heterocycles. The van der Waals surface area contributed by atoms with Gasteiger partial charge in [0.2, 0.25) is 0 Å². The van der Waals surface area contributed by atoms with E-state index in [4.69, 9.17) is 9.97 Å². The fourth-order valence-corrected chi connectivity index (χ4v) is 4.61. The van der Waals surface area contributed by atoms with Gasteiger partial charge in [-0.25, -0.2) is 9.97 Å². The van der Waals surface area contributed by atoms with E-state index >= 15 is 0 Å². The Hall–Kier alpha value is -3.37. The highest BCUT2D eigenvalue weighted by molar-refractivity contribution is 7.99. The average molecular weight is 376 g/mol. The summed E-state index contributed by atoms with van der Waals surface area (Å²) >= 11 is 1.79. The molecule has 0 bridgehead atoms. The quantitative estimate of drug-likeness (QED) is 0.334. The molecule has 0 atom stereocenters. The first-order chi connectivity index (χ1) is 13.8. The summed E-state index contributed by atoms with van der Waals surface area (Å²) in [5.41, 5.74) is 7.84. The monoisotopic (exact) mass is 376 g/mol. The molecule has 0 spiro atoms. The van der Waals surface area contributed by atoms with E-state index in [9.17, 15) is 0 Å². The van der Waals surface area contributed by atoms with E-state index in [-0.39, 0.29) is 0 Å². The Morgan fingerprint density at radius 1 is 0.679 bits per heavy atom. The molecule has 5 aromatic rings. The Morgan fingerprint density at radius 3 is 2.39 bits per heavy atom. The van der Waals surface area contributed by atoms with Crippen molar-refractivity contribution >= 4 is 45.2 Å². The third kappa shape index (κ3) is 2.46. The van der Waals surface area contributed by atoms with Crippen molar-refractivity contribution in [3.8, 4) is 11.1 Å². The third-order valence-corrected chi connectivity index (χ3v) is 6.08. The Balaban J connectivity index is 1.52. The zero-order valence-electron chi connectivity index (χ0n) is 14.8. The fourth-order valence-electron chi connectivity index (χ4n) is 3.59. The van der Waals surface area contributed by atoms with E-state index < -0.39 is 0 Å².